The Labute approximate surface area is 171 Å². The second-order valence-corrected chi connectivity index (χ2v) is 8.64. The van der Waals surface area contributed by atoms with Crippen molar-refractivity contribution in [3.05, 3.63) is 22.4 Å². The molecule has 1 atom stereocenters. The molecule has 2 fully saturated rings. The minimum absolute atomic E-state index is 0.00643. The number of nitrogens with one attached hydrogen (secondary N) is 2. The number of thiophene rings is 1. The molecule has 1 aliphatic carbocycles. The van der Waals surface area contributed by atoms with Crippen molar-refractivity contribution >= 4 is 23.2 Å². The number of ether oxygens (including phenoxy) is 2. The minimum Gasteiger partial charge on any atom is -0.356 e. The molecule has 2 heterocycles. The van der Waals surface area contributed by atoms with Crippen molar-refractivity contribution in [1.82, 2.24) is 15.5 Å². The number of carbonyl (C=O) groups excluding carboxylic acids is 1. The van der Waals surface area contributed by atoms with Crippen LogP contribution in [0.5, 0.6) is 0 Å². The normalized spacial score (nSPS) is 21.6. The Morgan fingerprint density at radius 2 is 2.14 bits per heavy atom. The monoisotopic (exact) mass is 408 g/mol. The molecule has 1 unspecified atom stereocenters. The van der Waals surface area contributed by atoms with Crippen LogP contribution in [0.2, 0.25) is 0 Å². The zero-order valence-electron chi connectivity index (χ0n) is 16.9. The number of hydrogen-bond acceptors (Lipinski definition) is 5. The Kier molecular flexibility index (Phi) is 7.70. The van der Waals surface area contributed by atoms with Gasteiger partial charge < -0.3 is 25.0 Å². The molecule has 2 N–H and O–H groups in total. The van der Waals surface area contributed by atoms with Crippen LogP contribution < -0.4 is 10.6 Å². The van der Waals surface area contributed by atoms with Crippen LogP contribution in [0.4, 0.5) is 0 Å². The van der Waals surface area contributed by atoms with E-state index in [1.54, 1.807) is 30.3 Å². The summed E-state index contributed by atoms with van der Waals surface area (Å²) in [6.45, 7) is 2.09. The molecular formula is C20H32N4O3S. The van der Waals surface area contributed by atoms with E-state index in [1.807, 2.05) is 0 Å². The summed E-state index contributed by atoms with van der Waals surface area (Å²) in [4.78, 5) is 19.2. The molecule has 28 heavy (non-hydrogen) atoms. The zero-order chi connectivity index (χ0) is 19.8. The molecular weight excluding hydrogens is 376 g/mol. The fourth-order valence-electron chi connectivity index (χ4n) is 3.50. The maximum atomic E-state index is 11.9. The van der Waals surface area contributed by atoms with Crippen LogP contribution in [0, 0.1) is 0 Å². The molecule has 1 spiro atoms. The van der Waals surface area contributed by atoms with Gasteiger partial charge in [0, 0.05) is 44.9 Å². The summed E-state index contributed by atoms with van der Waals surface area (Å²) >= 11 is 1.75. The van der Waals surface area contributed by atoms with Gasteiger partial charge in [-0.05, 0) is 30.7 Å². The van der Waals surface area contributed by atoms with E-state index in [4.69, 9.17) is 9.47 Å². The number of likely N-dealkylation sites (N-methyl/N-ethyl adjacent to an activating group) is 1. The molecule has 8 heteroatoms. The summed E-state index contributed by atoms with van der Waals surface area (Å²) < 4.78 is 12.2. The van der Waals surface area contributed by atoms with Crippen LogP contribution in [-0.2, 0) is 20.7 Å². The van der Waals surface area contributed by atoms with Gasteiger partial charge in [0.05, 0.1) is 6.61 Å². The highest BCUT2D eigenvalue weighted by atomic mass is 32.1. The molecule has 1 saturated heterocycles. The molecule has 1 aromatic heterocycles. The first kappa shape index (κ1) is 21.1. The predicted octanol–water partition coefficient (Wildman–Crippen LogP) is 1.99. The van der Waals surface area contributed by atoms with Crippen LogP contribution >= 0.6 is 11.3 Å². The first-order valence-corrected chi connectivity index (χ1v) is 11.0. The van der Waals surface area contributed by atoms with Crippen molar-refractivity contribution in [3.63, 3.8) is 0 Å². The van der Waals surface area contributed by atoms with Gasteiger partial charge in [0.1, 0.15) is 12.6 Å². The number of aliphatic imine (C=N–C) groups is 1. The number of amides is 1. The first-order chi connectivity index (χ1) is 13.6. The molecule has 7 nitrogen and oxygen atoms in total. The Bertz CT molecular complexity index is 642. The quantitative estimate of drug-likeness (QED) is 0.533. The highest BCUT2D eigenvalue weighted by Gasteiger charge is 2.42. The molecule has 1 aromatic rings. The van der Waals surface area contributed by atoms with Gasteiger partial charge in [0.15, 0.2) is 11.7 Å². The molecule has 0 radical (unpaired) electrons. The third kappa shape index (κ3) is 6.18. The average molecular weight is 409 g/mol. The van der Waals surface area contributed by atoms with E-state index in [9.17, 15) is 4.79 Å². The Morgan fingerprint density at radius 1 is 1.32 bits per heavy atom. The standard InChI is InChI=1S/C20H32N4O3S/c1-24(2)18(25)14-23-19(21-11-8-17-7-6-12-28-17)22-13-16-15-26-20(27-16)9-4-3-5-10-20/h6-7,12,16H,3-5,8-11,13-15H2,1-2H3,(H2,21,22,23). The number of hydrogen-bond donors (Lipinski definition) is 2. The number of nitrogens with zero attached hydrogens (tertiary/aromatic N) is 2. The smallest absolute Gasteiger partial charge is 0.243 e. The number of guanidine groups is 1. The Balaban J connectivity index is 1.49. The summed E-state index contributed by atoms with van der Waals surface area (Å²) in [6, 6.07) is 4.18. The van der Waals surface area contributed by atoms with Crippen LogP contribution in [-0.4, -0.2) is 69.0 Å². The van der Waals surface area contributed by atoms with Crippen LogP contribution in [0.3, 0.4) is 0 Å². The molecule has 0 bridgehead atoms. The second-order valence-electron chi connectivity index (χ2n) is 7.61. The van der Waals surface area contributed by atoms with E-state index in [1.165, 1.54) is 24.1 Å². The predicted molar refractivity (Wildman–Crippen MR) is 112 cm³/mol. The molecule has 3 rings (SSSR count). The summed E-state index contributed by atoms with van der Waals surface area (Å²) in [7, 11) is 3.48. The van der Waals surface area contributed by atoms with Gasteiger partial charge in [-0.15, -0.1) is 11.3 Å². The third-order valence-electron chi connectivity index (χ3n) is 5.14. The lowest BCUT2D eigenvalue weighted by Crippen LogP contribution is -2.43. The second kappa shape index (κ2) is 10.2. The van der Waals surface area contributed by atoms with Crippen LogP contribution in [0.15, 0.2) is 22.5 Å². The van der Waals surface area contributed by atoms with E-state index in [-0.39, 0.29) is 24.3 Å². The van der Waals surface area contributed by atoms with Gasteiger partial charge in [0.25, 0.3) is 0 Å². The van der Waals surface area contributed by atoms with E-state index < -0.39 is 0 Å². The summed E-state index contributed by atoms with van der Waals surface area (Å²) in [5.74, 6) is 0.246. The lowest BCUT2D eigenvalue weighted by molar-refractivity contribution is -0.186. The van der Waals surface area contributed by atoms with Crippen molar-refractivity contribution in [3.8, 4) is 0 Å². The minimum atomic E-state index is -0.366. The third-order valence-corrected chi connectivity index (χ3v) is 6.08. The fraction of sp³-hybridized carbons (Fsp3) is 0.700. The lowest BCUT2D eigenvalue weighted by Gasteiger charge is -2.31. The van der Waals surface area contributed by atoms with Gasteiger partial charge in [-0.25, -0.2) is 4.99 Å². The van der Waals surface area contributed by atoms with Crippen molar-refractivity contribution in [1.29, 1.82) is 0 Å². The van der Waals surface area contributed by atoms with E-state index in [0.717, 1.165) is 25.8 Å². The summed E-state index contributed by atoms with van der Waals surface area (Å²) in [5, 5.41) is 8.73. The van der Waals surface area contributed by atoms with Gasteiger partial charge in [-0.3, -0.25) is 4.79 Å². The molecule has 1 aliphatic heterocycles. The van der Waals surface area contributed by atoms with Crippen LogP contribution in [0.25, 0.3) is 0 Å². The van der Waals surface area contributed by atoms with E-state index in [0.29, 0.717) is 19.1 Å². The largest absolute Gasteiger partial charge is 0.356 e. The number of rotatable bonds is 7. The van der Waals surface area contributed by atoms with Gasteiger partial charge >= 0.3 is 0 Å². The van der Waals surface area contributed by atoms with E-state index >= 15 is 0 Å². The zero-order valence-corrected chi connectivity index (χ0v) is 17.7. The first-order valence-electron chi connectivity index (χ1n) is 10.1. The molecule has 1 saturated carbocycles. The van der Waals surface area contributed by atoms with Gasteiger partial charge in [0.2, 0.25) is 5.91 Å². The highest BCUT2D eigenvalue weighted by molar-refractivity contribution is 7.09. The van der Waals surface area contributed by atoms with Crippen molar-refractivity contribution in [2.45, 2.75) is 50.4 Å². The molecule has 1 amide bonds. The molecule has 2 aliphatic rings. The van der Waals surface area contributed by atoms with Crippen LogP contribution in [0.1, 0.15) is 37.0 Å². The fourth-order valence-corrected chi connectivity index (χ4v) is 4.21. The Morgan fingerprint density at radius 3 is 2.86 bits per heavy atom. The summed E-state index contributed by atoms with van der Waals surface area (Å²) in [5.41, 5.74) is 0. The topological polar surface area (TPSA) is 75.2 Å². The lowest BCUT2D eigenvalue weighted by atomic mass is 9.94. The number of carbonyl (C=O) groups is 1. The average Bonchev–Trinajstić information content (AvgIpc) is 3.34. The van der Waals surface area contributed by atoms with Crippen molar-refractivity contribution in [2.24, 2.45) is 4.99 Å². The molecule has 0 aromatic carbocycles. The highest BCUT2D eigenvalue weighted by Crippen LogP contribution is 2.37. The Hall–Kier alpha value is -1.64. The van der Waals surface area contributed by atoms with Gasteiger partial charge in [-0.1, -0.05) is 12.5 Å². The van der Waals surface area contributed by atoms with Crippen molar-refractivity contribution in [2.75, 3.05) is 40.3 Å². The maximum Gasteiger partial charge on any atom is 0.243 e. The van der Waals surface area contributed by atoms with E-state index in [2.05, 4.69) is 33.1 Å². The van der Waals surface area contributed by atoms with Gasteiger partial charge in [-0.2, -0.15) is 0 Å². The SMILES string of the molecule is CN(C)C(=O)CN=C(NCCc1cccs1)NCC1COC2(CCCCC2)O1. The molecule has 156 valence electrons. The summed E-state index contributed by atoms with van der Waals surface area (Å²) in [6.07, 6.45) is 6.51. The maximum absolute atomic E-state index is 11.9. The van der Waals surface area contributed by atoms with Crippen molar-refractivity contribution < 1.29 is 14.3 Å².